The van der Waals surface area contributed by atoms with E-state index in [0.29, 0.717) is 0 Å². The van der Waals surface area contributed by atoms with Crippen LogP contribution in [0.5, 0.6) is 0 Å². The van der Waals surface area contributed by atoms with Crippen molar-refractivity contribution in [3.8, 4) is 0 Å². The Kier molecular flexibility index (Phi) is 448. The van der Waals surface area contributed by atoms with E-state index in [9.17, 15) is 0 Å². The van der Waals surface area contributed by atoms with E-state index in [1.54, 1.807) is 0 Å². The maximum absolute atomic E-state index is 0. The van der Waals surface area contributed by atoms with Crippen LogP contribution in [0.4, 0.5) is 0 Å². The molecule has 0 aliphatic carbocycles. The standard InChI is InChI=1S/3Ba.6BrH/h;;;6*1H/q3*+2;;;;;;/p-6. The Morgan fingerprint density at radius 1 is 0.222 bits per heavy atom. The van der Waals surface area contributed by atoms with Crippen LogP contribution in [0.3, 0.4) is 0 Å². The van der Waals surface area contributed by atoms with Gasteiger partial charge in [0, 0.05) is 0 Å². The summed E-state index contributed by atoms with van der Waals surface area (Å²) in [4.78, 5) is 0. The Labute approximate surface area is 240 Å². The smallest absolute Gasteiger partial charge is 1.00 e. The van der Waals surface area contributed by atoms with Crippen LogP contribution in [0.1, 0.15) is 0 Å². The molecule has 0 aromatic heterocycles. The van der Waals surface area contributed by atoms with Crippen LogP contribution in [0, 0.1) is 0 Å². The first kappa shape index (κ1) is 70.0. The first-order chi connectivity index (χ1) is 0. The van der Waals surface area contributed by atoms with Crippen molar-refractivity contribution in [1.82, 2.24) is 0 Å². The average Bonchev–Trinajstić information content (AvgIpc) is 0. The molecule has 0 saturated heterocycles. The van der Waals surface area contributed by atoms with Gasteiger partial charge in [0.2, 0.25) is 0 Å². The van der Waals surface area contributed by atoms with E-state index < -0.39 is 0 Å². The van der Waals surface area contributed by atoms with Crippen LogP contribution >= 0.6 is 0 Å². The number of halogens is 6. The van der Waals surface area contributed by atoms with E-state index >= 15 is 0 Å². The molecule has 0 aliphatic heterocycles. The van der Waals surface area contributed by atoms with Crippen molar-refractivity contribution < 1.29 is 102 Å². The van der Waals surface area contributed by atoms with E-state index in [2.05, 4.69) is 0 Å². The topological polar surface area (TPSA) is 0 Å². The Morgan fingerprint density at radius 3 is 0.222 bits per heavy atom. The van der Waals surface area contributed by atoms with Crippen LogP contribution in [0.25, 0.3) is 0 Å². The van der Waals surface area contributed by atoms with Gasteiger partial charge in [-0.05, 0) is 0 Å². The van der Waals surface area contributed by atoms with Crippen molar-refractivity contribution in [1.29, 1.82) is 0 Å². The van der Waals surface area contributed by atoms with E-state index in [0.717, 1.165) is 0 Å². The molecule has 0 saturated carbocycles. The molecule has 48 valence electrons. The van der Waals surface area contributed by atoms with Gasteiger partial charge in [-0.1, -0.05) is 0 Å². The monoisotopic (exact) mass is 887 g/mol. The Balaban J connectivity index is 0. The molecular weight excluding hydrogens is 891 g/mol. The van der Waals surface area contributed by atoms with Crippen LogP contribution < -0.4 is 102 Å². The first-order valence-electron chi connectivity index (χ1n) is 0. The van der Waals surface area contributed by atoms with Crippen molar-refractivity contribution in [2.75, 3.05) is 0 Å². The zero-order chi connectivity index (χ0) is 0. The molecule has 0 atom stereocenters. The molecule has 0 unspecified atom stereocenters. The van der Waals surface area contributed by atoms with E-state index in [4.69, 9.17) is 0 Å². The summed E-state index contributed by atoms with van der Waals surface area (Å²) in [5.41, 5.74) is 0. The molecular formula is Ba3Br6. The maximum Gasteiger partial charge on any atom is 2.00 e. The maximum atomic E-state index is 0. The van der Waals surface area contributed by atoms with E-state index in [1.807, 2.05) is 0 Å². The molecule has 9 heavy (non-hydrogen) atoms. The summed E-state index contributed by atoms with van der Waals surface area (Å²) in [6.45, 7) is 0. The molecule has 0 aromatic rings. The van der Waals surface area contributed by atoms with Gasteiger partial charge in [0.05, 0.1) is 0 Å². The van der Waals surface area contributed by atoms with Gasteiger partial charge in [-0.25, -0.2) is 0 Å². The third kappa shape index (κ3) is 50.0. The summed E-state index contributed by atoms with van der Waals surface area (Å²) in [5, 5.41) is 0. The summed E-state index contributed by atoms with van der Waals surface area (Å²) in [7, 11) is 0. The molecule has 0 N–H and O–H groups in total. The summed E-state index contributed by atoms with van der Waals surface area (Å²) in [6.07, 6.45) is 0. The fourth-order valence-corrected chi connectivity index (χ4v) is 0. The fraction of sp³-hybridized carbons (Fsp3) is 0. The van der Waals surface area contributed by atoms with Gasteiger partial charge in [-0.15, -0.1) is 0 Å². The SMILES string of the molecule is [Ba+2].[Ba+2].[Ba+2].[Br-].[Br-].[Br-].[Br-].[Br-].[Br-]. The zero-order valence-corrected chi connectivity index (χ0v) is 27.2. The summed E-state index contributed by atoms with van der Waals surface area (Å²) in [5.74, 6) is 0. The molecule has 0 amide bonds. The minimum absolute atomic E-state index is 0. The molecule has 0 spiro atoms. The van der Waals surface area contributed by atoms with Crippen molar-refractivity contribution >= 4 is 147 Å². The molecule has 0 bridgehead atoms. The van der Waals surface area contributed by atoms with Crippen LogP contribution in [-0.2, 0) is 0 Å². The van der Waals surface area contributed by atoms with Gasteiger partial charge in [0.25, 0.3) is 0 Å². The summed E-state index contributed by atoms with van der Waals surface area (Å²) < 4.78 is 0. The second kappa shape index (κ2) is 57.6. The van der Waals surface area contributed by atoms with Crippen LogP contribution in [-0.4, -0.2) is 147 Å². The van der Waals surface area contributed by atoms with Gasteiger partial charge >= 0.3 is 147 Å². The molecule has 9 heteroatoms. The number of rotatable bonds is 0. The third-order valence-electron chi connectivity index (χ3n) is 0. The minimum Gasteiger partial charge on any atom is -1.00 e. The number of hydrogen-bond acceptors (Lipinski definition) is 0. The summed E-state index contributed by atoms with van der Waals surface area (Å²) in [6, 6.07) is 0. The minimum atomic E-state index is 0. The van der Waals surface area contributed by atoms with Crippen molar-refractivity contribution in [2.24, 2.45) is 0 Å². The van der Waals surface area contributed by atoms with Crippen molar-refractivity contribution in [3.05, 3.63) is 0 Å². The molecule has 0 heterocycles. The fourth-order valence-electron chi connectivity index (χ4n) is 0. The molecule has 0 radical (unpaired) electrons. The molecule has 0 rings (SSSR count). The predicted molar refractivity (Wildman–Crippen MR) is 17.3 cm³/mol. The normalized spacial score (nSPS) is 0. The van der Waals surface area contributed by atoms with Gasteiger partial charge in [-0.3, -0.25) is 0 Å². The Morgan fingerprint density at radius 2 is 0.222 bits per heavy atom. The largest absolute Gasteiger partial charge is 2.00 e. The summed E-state index contributed by atoms with van der Waals surface area (Å²) >= 11 is 0. The van der Waals surface area contributed by atoms with Crippen molar-refractivity contribution in [2.45, 2.75) is 0 Å². The van der Waals surface area contributed by atoms with Gasteiger partial charge in [0.1, 0.15) is 0 Å². The van der Waals surface area contributed by atoms with Gasteiger partial charge < -0.3 is 102 Å². The third-order valence-corrected chi connectivity index (χ3v) is 0. The molecule has 0 fully saturated rings. The Hall–Kier alpha value is 7.59. The second-order valence-electron chi connectivity index (χ2n) is 0. The molecule has 0 aliphatic rings. The second-order valence-corrected chi connectivity index (χ2v) is 0. The quantitative estimate of drug-likeness (QED) is 0.213. The predicted octanol–water partition coefficient (Wildman–Crippen LogP) is -19.1. The van der Waals surface area contributed by atoms with E-state index in [-0.39, 0.29) is 249 Å². The van der Waals surface area contributed by atoms with E-state index in [1.165, 1.54) is 0 Å². The van der Waals surface area contributed by atoms with Gasteiger partial charge in [0.15, 0.2) is 0 Å². The Bertz CT molecular complexity index is 8.26. The molecule has 0 aromatic carbocycles. The average molecular weight is 891 g/mol. The zero-order valence-electron chi connectivity index (χ0n) is 4.39. The first-order valence-corrected chi connectivity index (χ1v) is 0. The number of hydrogen-bond donors (Lipinski definition) is 0. The van der Waals surface area contributed by atoms with Crippen LogP contribution in [0.2, 0.25) is 0 Å². The van der Waals surface area contributed by atoms with Gasteiger partial charge in [-0.2, -0.15) is 0 Å². The van der Waals surface area contributed by atoms with Crippen molar-refractivity contribution in [3.63, 3.8) is 0 Å². The van der Waals surface area contributed by atoms with Crippen LogP contribution in [0.15, 0.2) is 0 Å². The molecule has 0 nitrogen and oxygen atoms in total.